The number of fused-ring (bicyclic) bond motifs is 1. The maximum atomic E-state index is 14.1. The standard InChI is InChI=1S/C28H32F2N8O/c29-27(30)28-33-21-7-1-2-8-22(21)38(28)25-17-24(36-13-15-39-16-14-36)34-23(35-25)9-3-5-20-6-4-12-37(19-20)26-18-31-10-11-32-26/h1-2,7-8,10-11,17-18,20,27H,3-6,9,12-16,19H2. The number of para-hydroxylation sites is 2. The van der Waals surface area contributed by atoms with Crippen LogP contribution in [0.1, 0.15) is 43.8 Å². The van der Waals surface area contributed by atoms with Gasteiger partial charge in [-0.25, -0.2) is 28.7 Å². The number of morpholine rings is 1. The number of anilines is 2. The van der Waals surface area contributed by atoms with Crippen molar-refractivity contribution in [3.05, 3.63) is 60.6 Å². The molecule has 39 heavy (non-hydrogen) atoms. The maximum Gasteiger partial charge on any atom is 0.296 e. The molecule has 1 atom stereocenters. The summed E-state index contributed by atoms with van der Waals surface area (Å²) in [5.74, 6) is 3.00. The number of nitrogens with zero attached hydrogens (tertiary/aromatic N) is 8. The van der Waals surface area contributed by atoms with Crippen molar-refractivity contribution in [1.82, 2.24) is 29.5 Å². The van der Waals surface area contributed by atoms with Gasteiger partial charge in [0.2, 0.25) is 0 Å². The van der Waals surface area contributed by atoms with E-state index in [0.29, 0.717) is 61.3 Å². The summed E-state index contributed by atoms with van der Waals surface area (Å²) in [6, 6.07) is 8.98. The Bertz CT molecular complexity index is 1390. The molecule has 0 bridgehead atoms. The van der Waals surface area contributed by atoms with E-state index >= 15 is 0 Å². The maximum absolute atomic E-state index is 14.1. The second-order valence-electron chi connectivity index (χ2n) is 10.1. The molecule has 0 radical (unpaired) electrons. The number of rotatable bonds is 8. The predicted molar refractivity (Wildman–Crippen MR) is 145 cm³/mol. The Balaban J connectivity index is 1.24. The number of ether oxygens (including phenoxy) is 1. The lowest BCUT2D eigenvalue weighted by Gasteiger charge is -2.33. The molecule has 4 aromatic rings. The average molecular weight is 535 g/mol. The Labute approximate surface area is 225 Å². The van der Waals surface area contributed by atoms with Gasteiger partial charge in [0.15, 0.2) is 5.82 Å². The van der Waals surface area contributed by atoms with Gasteiger partial charge in [0.05, 0.1) is 30.4 Å². The first-order valence-corrected chi connectivity index (χ1v) is 13.6. The van der Waals surface area contributed by atoms with Gasteiger partial charge in [-0.3, -0.25) is 9.55 Å². The smallest absolute Gasteiger partial charge is 0.296 e. The van der Waals surface area contributed by atoms with Gasteiger partial charge >= 0.3 is 0 Å². The molecule has 0 amide bonds. The van der Waals surface area contributed by atoms with Gasteiger partial charge in [0.25, 0.3) is 6.43 Å². The van der Waals surface area contributed by atoms with Gasteiger partial charge < -0.3 is 14.5 Å². The van der Waals surface area contributed by atoms with Crippen LogP contribution in [0.2, 0.25) is 0 Å². The van der Waals surface area contributed by atoms with Crippen molar-refractivity contribution in [3.63, 3.8) is 0 Å². The van der Waals surface area contributed by atoms with Crippen LogP contribution in [0, 0.1) is 5.92 Å². The van der Waals surface area contributed by atoms with Crippen LogP contribution in [0.25, 0.3) is 16.9 Å². The Morgan fingerprint density at radius 2 is 1.79 bits per heavy atom. The van der Waals surface area contributed by atoms with Crippen LogP contribution >= 0.6 is 0 Å². The molecule has 0 aliphatic carbocycles. The Morgan fingerprint density at radius 3 is 2.62 bits per heavy atom. The second kappa shape index (κ2) is 11.6. The Kier molecular flexibility index (Phi) is 7.57. The lowest BCUT2D eigenvalue weighted by molar-refractivity contribution is 0.122. The molecule has 11 heteroatoms. The summed E-state index contributed by atoms with van der Waals surface area (Å²) < 4.78 is 35.2. The molecule has 1 aromatic carbocycles. The summed E-state index contributed by atoms with van der Waals surface area (Å²) in [7, 11) is 0. The molecule has 204 valence electrons. The molecule has 1 unspecified atom stereocenters. The zero-order chi connectivity index (χ0) is 26.6. The summed E-state index contributed by atoms with van der Waals surface area (Å²) >= 11 is 0. The highest BCUT2D eigenvalue weighted by atomic mass is 19.3. The van der Waals surface area contributed by atoms with E-state index in [2.05, 4.69) is 24.8 Å². The van der Waals surface area contributed by atoms with E-state index in [4.69, 9.17) is 14.7 Å². The minimum absolute atomic E-state index is 0.305. The fraction of sp³-hybridized carbons (Fsp3) is 0.464. The number of aromatic nitrogens is 6. The van der Waals surface area contributed by atoms with Crippen LogP contribution in [0.3, 0.4) is 0 Å². The molecule has 9 nitrogen and oxygen atoms in total. The molecule has 3 aromatic heterocycles. The van der Waals surface area contributed by atoms with Gasteiger partial charge in [-0.15, -0.1) is 0 Å². The van der Waals surface area contributed by atoms with Gasteiger partial charge in [-0.1, -0.05) is 12.1 Å². The van der Waals surface area contributed by atoms with Gasteiger partial charge in [-0.05, 0) is 43.7 Å². The Morgan fingerprint density at radius 1 is 0.949 bits per heavy atom. The van der Waals surface area contributed by atoms with Crippen LogP contribution in [-0.2, 0) is 11.2 Å². The zero-order valence-electron chi connectivity index (χ0n) is 21.8. The fourth-order valence-corrected chi connectivity index (χ4v) is 5.59. The third-order valence-corrected chi connectivity index (χ3v) is 7.50. The summed E-state index contributed by atoms with van der Waals surface area (Å²) in [6.45, 7) is 4.56. The average Bonchev–Trinajstić information content (AvgIpc) is 3.38. The molecular formula is C28H32F2N8O. The number of alkyl halides is 2. The van der Waals surface area contributed by atoms with Crippen molar-refractivity contribution in [1.29, 1.82) is 0 Å². The molecular weight excluding hydrogens is 502 g/mol. The third kappa shape index (κ3) is 5.68. The lowest BCUT2D eigenvalue weighted by atomic mass is 9.92. The number of benzene rings is 1. The van der Waals surface area contributed by atoms with Crippen molar-refractivity contribution in [3.8, 4) is 5.82 Å². The monoisotopic (exact) mass is 534 g/mol. The first-order valence-electron chi connectivity index (χ1n) is 13.6. The normalized spacial score (nSPS) is 18.3. The molecule has 0 saturated carbocycles. The molecule has 5 heterocycles. The molecule has 2 aliphatic rings. The van der Waals surface area contributed by atoms with E-state index in [1.165, 1.54) is 11.0 Å². The highest BCUT2D eigenvalue weighted by molar-refractivity contribution is 5.78. The van der Waals surface area contributed by atoms with Crippen LogP contribution in [0.5, 0.6) is 0 Å². The minimum Gasteiger partial charge on any atom is -0.378 e. The first kappa shape index (κ1) is 25.5. The highest BCUT2D eigenvalue weighted by Gasteiger charge is 2.24. The third-order valence-electron chi connectivity index (χ3n) is 7.50. The largest absolute Gasteiger partial charge is 0.378 e. The fourth-order valence-electron chi connectivity index (χ4n) is 5.59. The number of hydrogen-bond acceptors (Lipinski definition) is 8. The molecule has 6 rings (SSSR count). The Hall–Kier alpha value is -3.73. The number of halogens is 2. The van der Waals surface area contributed by atoms with E-state index in [1.54, 1.807) is 36.7 Å². The van der Waals surface area contributed by atoms with Crippen LogP contribution in [0.15, 0.2) is 48.9 Å². The number of hydrogen-bond donors (Lipinski definition) is 0. The van der Waals surface area contributed by atoms with Gasteiger partial charge in [-0.2, -0.15) is 0 Å². The van der Waals surface area contributed by atoms with Crippen LogP contribution < -0.4 is 9.80 Å². The topological polar surface area (TPSA) is 85.1 Å². The molecule has 2 saturated heterocycles. The van der Waals surface area contributed by atoms with Crippen molar-refractivity contribution in [2.24, 2.45) is 5.92 Å². The SMILES string of the molecule is FC(F)c1nc2ccccc2n1-c1cc(N2CCOCC2)nc(CCCC2CCCN(c3cnccn3)C2)n1. The van der Waals surface area contributed by atoms with Crippen molar-refractivity contribution >= 4 is 22.7 Å². The molecule has 2 aliphatic heterocycles. The van der Waals surface area contributed by atoms with Crippen LogP contribution in [-0.4, -0.2) is 68.9 Å². The summed E-state index contributed by atoms with van der Waals surface area (Å²) in [5, 5.41) is 0. The number of imidazole rings is 1. The quantitative estimate of drug-likeness (QED) is 0.324. The van der Waals surface area contributed by atoms with Crippen LogP contribution in [0.4, 0.5) is 20.4 Å². The van der Waals surface area contributed by atoms with Gasteiger partial charge in [0.1, 0.15) is 23.3 Å². The first-order chi connectivity index (χ1) is 19.2. The van der Waals surface area contributed by atoms with E-state index in [-0.39, 0.29) is 5.82 Å². The highest BCUT2D eigenvalue weighted by Crippen LogP contribution is 2.29. The van der Waals surface area contributed by atoms with Crippen molar-refractivity contribution < 1.29 is 13.5 Å². The summed E-state index contributed by atoms with van der Waals surface area (Å²) in [4.78, 5) is 27.0. The molecule has 0 N–H and O–H groups in total. The summed E-state index contributed by atoms with van der Waals surface area (Å²) in [5.41, 5.74) is 1.13. The summed E-state index contributed by atoms with van der Waals surface area (Å²) in [6.07, 6.45) is 7.44. The second-order valence-corrected chi connectivity index (χ2v) is 10.1. The van der Waals surface area contributed by atoms with E-state index in [9.17, 15) is 8.78 Å². The van der Waals surface area contributed by atoms with E-state index in [1.807, 2.05) is 12.3 Å². The van der Waals surface area contributed by atoms with Crippen molar-refractivity contribution in [2.75, 3.05) is 49.2 Å². The van der Waals surface area contributed by atoms with Gasteiger partial charge in [0, 0.05) is 51.1 Å². The number of aryl methyl sites for hydroxylation is 1. The zero-order valence-corrected chi connectivity index (χ0v) is 21.8. The number of piperidine rings is 1. The minimum atomic E-state index is -2.73. The van der Waals surface area contributed by atoms with Crippen molar-refractivity contribution in [2.45, 2.75) is 38.5 Å². The lowest BCUT2D eigenvalue weighted by Crippen LogP contribution is -2.37. The predicted octanol–water partition coefficient (Wildman–Crippen LogP) is 4.62. The van der Waals surface area contributed by atoms with E-state index < -0.39 is 6.43 Å². The van der Waals surface area contributed by atoms with E-state index in [0.717, 1.165) is 44.0 Å². The molecule has 2 fully saturated rings. The molecule has 0 spiro atoms.